The van der Waals surface area contributed by atoms with Crippen molar-refractivity contribution in [2.45, 2.75) is 6.23 Å². The maximum absolute atomic E-state index is 10.1. The summed E-state index contributed by atoms with van der Waals surface area (Å²) in [7, 11) is 0. The number of nitrogens with one attached hydrogen (secondary N) is 2. The third-order valence-electron chi connectivity index (χ3n) is 2.74. The van der Waals surface area contributed by atoms with Crippen LogP contribution in [0.3, 0.4) is 0 Å². The van der Waals surface area contributed by atoms with E-state index < -0.39 is 6.23 Å². The van der Waals surface area contributed by atoms with Crippen molar-refractivity contribution in [3.63, 3.8) is 0 Å². The minimum Gasteiger partial charge on any atom is -0.367 e. The standard InChI is InChI=1S/C14H13N3O/c18-14(15-10-6-2-1-3-7-10)13-16-11-8-4-5-9-12(11)17-13/h1-9,14-15,18H,(H,16,17). The zero-order valence-corrected chi connectivity index (χ0v) is 9.67. The average molecular weight is 239 g/mol. The first kappa shape index (κ1) is 10.8. The van der Waals surface area contributed by atoms with E-state index in [0.717, 1.165) is 16.7 Å². The molecule has 0 aliphatic rings. The third-order valence-corrected chi connectivity index (χ3v) is 2.74. The lowest BCUT2D eigenvalue weighted by Crippen LogP contribution is -2.11. The lowest BCUT2D eigenvalue weighted by Gasteiger charge is -2.11. The maximum Gasteiger partial charge on any atom is 0.184 e. The number of hydrogen-bond acceptors (Lipinski definition) is 3. The van der Waals surface area contributed by atoms with Gasteiger partial charge in [-0.25, -0.2) is 4.98 Å². The topological polar surface area (TPSA) is 60.9 Å². The Morgan fingerprint density at radius 3 is 2.50 bits per heavy atom. The fourth-order valence-corrected chi connectivity index (χ4v) is 1.86. The SMILES string of the molecule is OC(Nc1ccccc1)c1nc2ccccc2[nH]1. The smallest absolute Gasteiger partial charge is 0.184 e. The molecule has 3 rings (SSSR count). The molecule has 1 aromatic heterocycles. The summed E-state index contributed by atoms with van der Waals surface area (Å²) in [6, 6.07) is 17.2. The third kappa shape index (κ3) is 2.06. The number of para-hydroxylation sites is 3. The van der Waals surface area contributed by atoms with Gasteiger partial charge in [-0.1, -0.05) is 30.3 Å². The second-order valence-corrected chi connectivity index (χ2v) is 4.05. The van der Waals surface area contributed by atoms with Gasteiger partial charge in [-0.2, -0.15) is 0 Å². The predicted molar refractivity (Wildman–Crippen MR) is 71.1 cm³/mol. The quantitative estimate of drug-likeness (QED) is 0.616. The molecular formula is C14H13N3O. The predicted octanol–water partition coefficient (Wildman–Crippen LogP) is 2.67. The van der Waals surface area contributed by atoms with Crippen LogP contribution in [0, 0.1) is 0 Å². The molecule has 1 heterocycles. The van der Waals surface area contributed by atoms with Crippen molar-refractivity contribution >= 4 is 16.7 Å². The van der Waals surface area contributed by atoms with Crippen LogP contribution in [0.2, 0.25) is 0 Å². The summed E-state index contributed by atoms with van der Waals surface area (Å²) in [4.78, 5) is 7.43. The van der Waals surface area contributed by atoms with E-state index in [0.29, 0.717) is 5.82 Å². The molecule has 0 bridgehead atoms. The zero-order valence-electron chi connectivity index (χ0n) is 9.67. The van der Waals surface area contributed by atoms with E-state index in [1.54, 1.807) is 0 Å². The molecule has 0 aliphatic heterocycles. The lowest BCUT2D eigenvalue weighted by atomic mass is 10.3. The van der Waals surface area contributed by atoms with Crippen molar-refractivity contribution in [1.29, 1.82) is 0 Å². The Hall–Kier alpha value is -2.33. The van der Waals surface area contributed by atoms with E-state index in [2.05, 4.69) is 15.3 Å². The van der Waals surface area contributed by atoms with Crippen LogP contribution in [0.4, 0.5) is 5.69 Å². The van der Waals surface area contributed by atoms with Crippen LogP contribution in [0.5, 0.6) is 0 Å². The number of rotatable bonds is 3. The molecule has 0 aliphatic carbocycles. The number of aromatic nitrogens is 2. The molecule has 0 fully saturated rings. The molecule has 3 N–H and O–H groups in total. The number of hydrogen-bond donors (Lipinski definition) is 3. The number of imidazole rings is 1. The van der Waals surface area contributed by atoms with Gasteiger partial charge < -0.3 is 15.4 Å². The van der Waals surface area contributed by atoms with Crippen LogP contribution in [0.25, 0.3) is 11.0 Å². The molecule has 0 amide bonds. The molecule has 3 aromatic rings. The van der Waals surface area contributed by atoms with Crippen LogP contribution >= 0.6 is 0 Å². The second-order valence-electron chi connectivity index (χ2n) is 4.05. The van der Waals surface area contributed by atoms with E-state index in [1.807, 2.05) is 54.6 Å². The van der Waals surface area contributed by atoms with Crippen molar-refractivity contribution in [3.8, 4) is 0 Å². The highest BCUT2D eigenvalue weighted by Crippen LogP contribution is 2.18. The molecule has 1 unspecified atom stereocenters. The van der Waals surface area contributed by atoms with Gasteiger partial charge >= 0.3 is 0 Å². The fourth-order valence-electron chi connectivity index (χ4n) is 1.86. The zero-order chi connectivity index (χ0) is 12.4. The minimum atomic E-state index is -0.847. The summed E-state index contributed by atoms with van der Waals surface area (Å²) in [5.41, 5.74) is 2.62. The van der Waals surface area contributed by atoms with Gasteiger partial charge in [0.1, 0.15) is 0 Å². The monoisotopic (exact) mass is 239 g/mol. The summed E-state index contributed by atoms with van der Waals surface area (Å²) in [5, 5.41) is 13.1. The minimum absolute atomic E-state index is 0.514. The van der Waals surface area contributed by atoms with Crippen molar-refractivity contribution in [2.24, 2.45) is 0 Å². The number of anilines is 1. The molecule has 0 saturated heterocycles. The highest BCUT2D eigenvalue weighted by Gasteiger charge is 2.11. The van der Waals surface area contributed by atoms with E-state index in [-0.39, 0.29) is 0 Å². The van der Waals surface area contributed by atoms with Crippen LogP contribution in [-0.4, -0.2) is 15.1 Å². The highest BCUT2D eigenvalue weighted by atomic mass is 16.3. The van der Waals surface area contributed by atoms with Crippen LogP contribution in [-0.2, 0) is 0 Å². The Balaban J connectivity index is 1.86. The number of H-pyrrole nitrogens is 1. The van der Waals surface area contributed by atoms with Gasteiger partial charge in [0.2, 0.25) is 0 Å². The number of benzene rings is 2. The van der Waals surface area contributed by atoms with Crippen LogP contribution in [0.15, 0.2) is 54.6 Å². The van der Waals surface area contributed by atoms with Gasteiger partial charge in [0, 0.05) is 5.69 Å². The summed E-state index contributed by atoms with van der Waals surface area (Å²) >= 11 is 0. The molecule has 0 spiro atoms. The van der Waals surface area contributed by atoms with E-state index >= 15 is 0 Å². The summed E-state index contributed by atoms with van der Waals surface area (Å²) in [5.74, 6) is 0.514. The van der Waals surface area contributed by atoms with Crippen LogP contribution < -0.4 is 5.32 Å². The molecule has 18 heavy (non-hydrogen) atoms. The second kappa shape index (κ2) is 4.50. The molecule has 4 heteroatoms. The first-order valence-corrected chi connectivity index (χ1v) is 5.77. The average Bonchev–Trinajstić information content (AvgIpc) is 2.84. The Morgan fingerprint density at radius 1 is 1.00 bits per heavy atom. The Kier molecular flexibility index (Phi) is 2.70. The summed E-state index contributed by atoms with van der Waals surface area (Å²) in [6.45, 7) is 0. The number of aliphatic hydroxyl groups is 1. The van der Waals surface area contributed by atoms with Gasteiger partial charge in [-0.05, 0) is 24.3 Å². The first-order valence-electron chi connectivity index (χ1n) is 5.77. The number of aliphatic hydroxyl groups excluding tert-OH is 1. The fraction of sp³-hybridized carbons (Fsp3) is 0.0714. The molecule has 1 atom stereocenters. The van der Waals surface area contributed by atoms with Gasteiger partial charge in [0.05, 0.1) is 11.0 Å². The molecule has 4 nitrogen and oxygen atoms in total. The molecule has 90 valence electrons. The molecule has 2 aromatic carbocycles. The Labute approximate surface area is 104 Å². The van der Waals surface area contributed by atoms with Crippen molar-refractivity contribution in [2.75, 3.05) is 5.32 Å². The highest BCUT2D eigenvalue weighted by molar-refractivity contribution is 5.74. The van der Waals surface area contributed by atoms with Gasteiger partial charge in [-0.3, -0.25) is 0 Å². The lowest BCUT2D eigenvalue weighted by molar-refractivity contribution is 0.199. The summed E-state index contributed by atoms with van der Waals surface area (Å²) < 4.78 is 0. The van der Waals surface area contributed by atoms with Crippen molar-refractivity contribution in [3.05, 3.63) is 60.4 Å². The normalized spacial score (nSPS) is 12.5. The first-order chi connectivity index (χ1) is 8.83. The molecule has 0 saturated carbocycles. The van der Waals surface area contributed by atoms with E-state index in [1.165, 1.54) is 0 Å². The van der Waals surface area contributed by atoms with Gasteiger partial charge in [0.25, 0.3) is 0 Å². The Morgan fingerprint density at radius 2 is 1.72 bits per heavy atom. The largest absolute Gasteiger partial charge is 0.367 e. The molecular weight excluding hydrogens is 226 g/mol. The van der Waals surface area contributed by atoms with Crippen molar-refractivity contribution < 1.29 is 5.11 Å². The number of fused-ring (bicyclic) bond motifs is 1. The number of aromatic amines is 1. The van der Waals surface area contributed by atoms with Crippen molar-refractivity contribution in [1.82, 2.24) is 9.97 Å². The van der Waals surface area contributed by atoms with E-state index in [9.17, 15) is 5.11 Å². The van der Waals surface area contributed by atoms with Gasteiger partial charge in [-0.15, -0.1) is 0 Å². The molecule has 0 radical (unpaired) electrons. The Bertz CT molecular complexity index is 615. The summed E-state index contributed by atoms with van der Waals surface area (Å²) in [6.07, 6.45) is -0.847. The van der Waals surface area contributed by atoms with Gasteiger partial charge in [0.15, 0.2) is 12.1 Å². The number of nitrogens with zero attached hydrogens (tertiary/aromatic N) is 1. The van der Waals surface area contributed by atoms with E-state index in [4.69, 9.17) is 0 Å². The maximum atomic E-state index is 10.1. The van der Waals surface area contributed by atoms with Crippen LogP contribution in [0.1, 0.15) is 12.1 Å².